The van der Waals surface area contributed by atoms with Crippen molar-refractivity contribution < 1.29 is 9.59 Å². The van der Waals surface area contributed by atoms with Crippen LogP contribution in [0.25, 0.3) is 5.69 Å². The Labute approximate surface area is 244 Å². The average Bonchev–Trinajstić information content (AvgIpc) is 3.24. The number of halogens is 2. The van der Waals surface area contributed by atoms with Crippen molar-refractivity contribution in [2.24, 2.45) is 0 Å². The zero-order chi connectivity index (χ0) is 27.8. The van der Waals surface area contributed by atoms with E-state index in [1.54, 1.807) is 27.7 Å². The first kappa shape index (κ1) is 26.4. The predicted octanol–water partition coefficient (Wildman–Crippen LogP) is 4.85. The van der Waals surface area contributed by atoms with Crippen LogP contribution in [0, 0.1) is 0 Å². The lowest BCUT2D eigenvalue weighted by Gasteiger charge is -2.33. The van der Waals surface area contributed by atoms with Crippen LogP contribution in [-0.4, -0.2) is 45.5 Å². The van der Waals surface area contributed by atoms with Gasteiger partial charge in [0, 0.05) is 48.4 Å². The molecular weight excluding hydrogens is 594 g/mol. The first-order valence-corrected chi connectivity index (χ1v) is 14.3. The molecule has 1 saturated heterocycles. The maximum atomic E-state index is 13.7. The fourth-order valence-electron chi connectivity index (χ4n) is 5.17. The third-order valence-corrected chi connectivity index (χ3v) is 8.71. The van der Waals surface area contributed by atoms with Gasteiger partial charge in [0.25, 0.3) is 11.8 Å². The Kier molecular flexibility index (Phi) is 7.25. The minimum Gasteiger partial charge on any atom is -0.371 e. The molecule has 1 fully saturated rings. The molecule has 3 heterocycles. The molecular formula is C30H27BrClN5O3. The first-order valence-electron chi connectivity index (χ1n) is 13.2. The summed E-state index contributed by atoms with van der Waals surface area (Å²) in [6.07, 6.45) is 1.17. The number of benzene rings is 3. The lowest BCUT2D eigenvalue weighted by Crippen LogP contribution is -2.41. The summed E-state index contributed by atoms with van der Waals surface area (Å²) < 4.78 is 3.78. The molecule has 1 N–H and O–H groups in total. The number of carbonyl (C=O) groups is 2. The van der Waals surface area contributed by atoms with E-state index in [1.165, 1.54) is 11.0 Å². The van der Waals surface area contributed by atoms with Gasteiger partial charge < -0.3 is 15.1 Å². The smallest absolute Gasteiger partial charge is 0.333 e. The molecule has 4 aromatic rings. The Morgan fingerprint density at radius 1 is 0.900 bits per heavy atom. The number of amides is 2. The van der Waals surface area contributed by atoms with Crippen molar-refractivity contribution in [2.45, 2.75) is 26.1 Å². The van der Waals surface area contributed by atoms with E-state index >= 15 is 0 Å². The van der Waals surface area contributed by atoms with Gasteiger partial charge >= 0.3 is 5.69 Å². The van der Waals surface area contributed by atoms with E-state index < -0.39 is 0 Å². The van der Waals surface area contributed by atoms with Gasteiger partial charge in [0.05, 0.1) is 22.9 Å². The van der Waals surface area contributed by atoms with Crippen LogP contribution in [0.5, 0.6) is 0 Å². The van der Waals surface area contributed by atoms with E-state index in [0.717, 1.165) is 24.3 Å². The molecule has 2 aliphatic rings. The largest absolute Gasteiger partial charge is 0.371 e. The summed E-state index contributed by atoms with van der Waals surface area (Å²) in [5.41, 5.74) is 3.54. The highest BCUT2D eigenvalue weighted by Gasteiger charge is 2.32. The van der Waals surface area contributed by atoms with Crippen molar-refractivity contribution in [3.63, 3.8) is 0 Å². The van der Waals surface area contributed by atoms with Gasteiger partial charge in [0.1, 0.15) is 5.69 Å². The number of aromatic nitrogens is 2. The summed E-state index contributed by atoms with van der Waals surface area (Å²) in [6.45, 7) is 3.08. The molecule has 10 heteroatoms. The quantitative estimate of drug-likeness (QED) is 0.334. The molecule has 6 rings (SSSR count). The molecule has 0 saturated carbocycles. The van der Waals surface area contributed by atoms with Crippen LogP contribution < -0.4 is 15.9 Å². The molecule has 1 aromatic heterocycles. The van der Waals surface area contributed by atoms with Crippen LogP contribution in [0.3, 0.4) is 0 Å². The molecule has 8 nitrogen and oxygen atoms in total. The Hall–Kier alpha value is -3.82. The molecule has 3 aromatic carbocycles. The second kappa shape index (κ2) is 11.0. The molecule has 40 heavy (non-hydrogen) atoms. The number of rotatable bonds is 6. The van der Waals surface area contributed by atoms with Crippen LogP contribution in [-0.2, 0) is 19.6 Å². The topological polar surface area (TPSA) is 79.6 Å². The second-order valence-electron chi connectivity index (χ2n) is 9.95. The van der Waals surface area contributed by atoms with Gasteiger partial charge in [-0.2, -0.15) is 0 Å². The van der Waals surface area contributed by atoms with Gasteiger partial charge in [-0.1, -0.05) is 41.9 Å². The summed E-state index contributed by atoms with van der Waals surface area (Å²) >= 11 is 9.60. The van der Waals surface area contributed by atoms with E-state index in [9.17, 15) is 14.4 Å². The zero-order valence-corrected chi connectivity index (χ0v) is 24.0. The molecule has 0 bridgehead atoms. The lowest BCUT2D eigenvalue weighted by molar-refractivity contribution is 0.0706. The number of nitrogens with one attached hydrogen (secondary N) is 1. The highest BCUT2D eigenvalue weighted by atomic mass is 79.9. The fraction of sp³-hybridized carbons (Fsp3) is 0.233. The predicted molar refractivity (Wildman–Crippen MR) is 158 cm³/mol. The summed E-state index contributed by atoms with van der Waals surface area (Å²) in [5, 5.41) is 3.42. The molecule has 204 valence electrons. The van der Waals surface area contributed by atoms with Crippen molar-refractivity contribution >= 4 is 45.0 Å². The average molecular weight is 621 g/mol. The Bertz CT molecular complexity index is 1640. The number of nitrogens with zero attached hydrogens (tertiary/aromatic N) is 4. The highest BCUT2D eigenvalue weighted by Crippen LogP contribution is 2.27. The SMILES string of the molecule is O=C(NCc1ccccc1)c1c2n(c(=O)n1-c1ccc(N3CCC3)cc1)CCN(C(=O)c1ccc(Br)c(Cl)c1)C2. The number of fused-ring (bicyclic) bond motifs is 1. The normalized spacial score (nSPS) is 14.4. The summed E-state index contributed by atoms with van der Waals surface area (Å²) in [6, 6.07) is 22.4. The molecule has 2 aliphatic heterocycles. The minimum absolute atomic E-state index is 0.120. The molecule has 0 unspecified atom stereocenters. The van der Waals surface area contributed by atoms with Crippen molar-refractivity contribution in [3.05, 3.63) is 115 Å². The van der Waals surface area contributed by atoms with E-state index in [-0.39, 0.29) is 36.3 Å². The van der Waals surface area contributed by atoms with E-state index in [4.69, 9.17) is 11.6 Å². The fourth-order valence-corrected chi connectivity index (χ4v) is 5.59. The number of hydrogen-bond acceptors (Lipinski definition) is 4. The number of hydrogen-bond donors (Lipinski definition) is 1. The maximum Gasteiger partial charge on any atom is 0.333 e. The van der Waals surface area contributed by atoms with E-state index in [0.29, 0.717) is 39.5 Å². The maximum absolute atomic E-state index is 13.7. The standard InChI is InChI=1S/C30H27BrClN5O3/c31-24-12-7-21(17-25(24)32)29(39)35-15-16-36-26(19-35)27(28(38)33-18-20-5-2-1-3-6-20)37(30(36)40)23-10-8-22(9-11-23)34-13-4-14-34/h1-3,5-12,17H,4,13-16,18-19H2,(H,33,38). The number of carbonyl (C=O) groups excluding carboxylic acids is 2. The van der Waals surface area contributed by atoms with Gasteiger partial charge in [-0.05, 0) is 70.4 Å². The summed E-state index contributed by atoms with van der Waals surface area (Å²) in [7, 11) is 0. The Morgan fingerprint density at radius 2 is 1.62 bits per heavy atom. The minimum atomic E-state index is -0.373. The van der Waals surface area contributed by atoms with E-state index in [2.05, 4.69) is 26.1 Å². The van der Waals surface area contributed by atoms with Crippen molar-refractivity contribution in [3.8, 4) is 5.69 Å². The third-order valence-electron chi connectivity index (χ3n) is 7.47. The molecule has 0 aliphatic carbocycles. The molecule has 0 atom stereocenters. The molecule has 0 spiro atoms. The van der Waals surface area contributed by atoms with Gasteiger partial charge in [-0.3, -0.25) is 18.7 Å². The summed E-state index contributed by atoms with van der Waals surface area (Å²) in [5.74, 6) is -0.585. The van der Waals surface area contributed by atoms with Gasteiger partial charge in [-0.15, -0.1) is 0 Å². The van der Waals surface area contributed by atoms with E-state index in [1.807, 2.05) is 54.6 Å². The second-order valence-corrected chi connectivity index (χ2v) is 11.2. The van der Waals surface area contributed by atoms with Gasteiger partial charge in [0.2, 0.25) is 0 Å². The lowest BCUT2D eigenvalue weighted by atomic mass is 10.1. The zero-order valence-electron chi connectivity index (χ0n) is 21.6. The Morgan fingerprint density at radius 3 is 2.30 bits per heavy atom. The third kappa shape index (κ3) is 4.95. The van der Waals surface area contributed by atoms with Crippen molar-refractivity contribution in [1.29, 1.82) is 0 Å². The summed E-state index contributed by atoms with van der Waals surface area (Å²) in [4.78, 5) is 44.8. The Balaban J connectivity index is 1.37. The van der Waals surface area contributed by atoms with Gasteiger partial charge in [0.15, 0.2) is 0 Å². The van der Waals surface area contributed by atoms with Crippen LogP contribution in [0.2, 0.25) is 5.02 Å². The number of imidazole rings is 1. The van der Waals surface area contributed by atoms with Gasteiger partial charge in [-0.25, -0.2) is 4.79 Å². The molecule has 2 amide bonds. The van der Waals surface area contributed by atoms with Crippen molar-refractivity contribution in [1.82, 2.24) is 19.4 Å². The number of anilines is 1. The van der Waals surface area contributed by atoms with Crippen LogP contribution in [0.15, 0.2) is 82.1 Å². The van der Waals surface area contributed by atoms with Crippen LogP contribution >= 0.6 is 27.5 Å². The van der Waals surface area contributed by atoms with Crippen LogP contribution in [0.4, 0.5) is 5.69 Å². The van der Waals surface area contributed by atoms with Crippen molar-refractivity contribution in [2.75, 3.05) is 24.5 Å². The monoisotopic (exact) mass is 619 g/mol. The first-order chi connectivity index (χ1) is 19.4. The highest BCUT2D eigenvalue weighted by molar-refractivity contribution is 9.10. The molecule has 0 radical (unpaired) electrons. The van der Waals surface area contributed by atoms with Crippen LogP contribution in [0.1, 0.15) is 38.5 Å².